The van der Waals surface area contributed by atoms with Gasteiger partial charge in [-0.25, -0.2) is 0 Å². The van der Waals surface area contributed by atoms with Crippen molar-refractivity contribution in [3.63, 3.8) is 0 Å². The van der Waals surface area contributed by atoms with Crippen molar-refractivity contribution in [3.8, 4) is 11.5 Å². The smallest absolute Gasteiger partial charge is 0.225 e. The molecule has 6 nitrogen and oxygen atoms in total. The number of likely N-dealkylation sites (tertiary alicyclic amines) is 1. The van der Waals surface area contributed by atoms with Gasteiger partial charge < -0.3 is 23.9 Å². The van der Waals surface area contributed by atoms with Crippen LogP contribution in [0.3, 0.4) is 0 Å². The maximum atomic E-state index is 13.4. The molecule has 2 saturated carbocycles. The Morgan fingerprint density at radius 2 is 2.06 bits per heavy atom. The molecule has 3 fully saturated rings. The van der Waals surface area contributed by atoms with Crippen molar-refractivity contribution in [2.24, 2.45) is 16.7 Å². The molecule has 1 saturated heterocycles. The molecule has 6 heteroatoms. The maximum absolute atomic E-state index is 13.4. The van der Waals surface area contributed by atoms with Crippen molar-refractivity contribution < 1.29 is 23.8 Å². The Morgan fingerprint density at radius 1 is 1.25 bits per heavy atom. The van der Waals surface area contributed by atoms with Crippen LogP contribution in [-0.4, -0.2) is 55.6 Å². The van der Waals surface area contributed by atoms with Gasteiger partial charge in [-0.1, -0.05) is 18.2 Å². The summed E-state index contributed by atoms with van der Waals surface area (Å²) in [6.45, 7) is 2.73. The Bertz CT molecular complexity index is 1110. The minimum Gasteiger partial charge on any atom is -0.493 e. The molecule has 0 aromatic heterocycles. The van der Waals surface area contributed by atoms with Gasteiger partial charge in [0.15, 0.2) is 11.5 Å². The first-order valence-electron chi connectivity index (χ1n) is 11.8. The van der Waals surface area contributed by atoms with Gasteiger partial charge in [0.2, 0.25) is 5.91 Å². The molecule has 1 aromatic carbocycles. The fourth-order valence-corrected chi connectivity index (χ4v) is 8.40. The summed E-state index contributed by atoms with van der Waals surface area (Å²) in [5.74, 6) is 2.01. The summed E-state index contributed by atoms with van der Waals surface area (Å²) in [4.78, 5) is 28.2. The molecule has 2 aliphatic heterocycles. The summed E-state index contributed by atoms with van der Waals surface area (Å²) in [6, 6.07) is 4.16. The van der Waals surface area contributed by atoms with Crippen LogP contribution in [0.4, 0.5) is 0 Å². The maximum Gasteiger partial charge on any atom is 0.225 e. The molecule has 0 radical (unpaired) electrons. The van der Waals surface area contributed by atoms with Crippen LogP contribution in [0.2, 0.25) is 0 Å². The molecule has 2 heterocycles. The second kappa shape index (κ2) is 5.58. The molecule has 8 rings (SSSR count). The highest BCUT2D eigenvalue weighted by Crippen LogP contribution is 2.76. The number of ether oxygens (including phenoxy) is 3. The fraction of sp³-hybridized carbons (Fsp3) is 0.615. The molecule has 1 unspecified atom stereocenters. The van der Waals surface area contributed by atoms with Crippen LogP contribution in [0.25, 0.3) is 0 Å². The number of aldehydes is 1. The topological polar surface area (TPSA) is 65.1 Å². The first-order chi connectivity index (χ1) is 15.4. The second-order valence-electron chi connectivity index (χ2n) is 11.0. The van der Waals surface area contributed by atoms with Crippen molar-refractivity contribution >= 4 is 12.2 Å². The molecule has 4 bridgehead atoms. The van der Waals surface area contributed by atoms with E-state index < -0.39 is 11.0 Å². The lowest BCUT2D eigenvalue weighted by molar-refractivity contribution is -0.237. The Kier molecular flexibility index (Phi) is 3.34. The number of carbonyl (C=O) groups excluding carboxylic acids is 2. The van der Waals surface area contributed by atoms with E-state index in [2.05, 4.69) is 23.1 Å². The first kappa shape index (κ1) is 19.2. The zero-order chi connectivity index (χ0) is 22.1. The minimum absolute atomic E-state index is 0.0213. The van der Waals surface area contributed by atoms with E-state index in [1.54, 1.807) is 14.2 Å². The lowest BCUT2D eigenvalue weighted by atomic mass is 9.34. The van der Waals surface area contributed by atoms with E-state index in [0.29, 0.717) is 12.3 Å². The number of piperidine rings is 1. The van der Waals surface area contributed by atoms with Crippen molar-refractivity contribution in [3.05, 3.63) is 35.4 Å². The number of hydrogen-bond acceptors (Lipinski definition) is 5. The first-order valence-corrected chi connectivity index (χ1v) is 11.8. The number of benzene rings is 1. The molecule has 6 atom stereocenters. The third kappa shape index (κ3) is 1.73. The average Bonchev–Trinajstić information content (AvgIpc) is 3.58. The van der Waals surface area contributed by atoms with Gasteiger partial charge in [-0.2, -0.15) is 0 Å². The number of rotatable bonds is 4. The summed E-state index contributed by atoms with van der Waals surface area (Å²) in [7, 11) is 3.37. The molecule has 32 heavy (non-hydrogen) atoms. The number of nitrogens with zero attached hydrogens (tertiary/aromatic N) is 1. The highest BCUT2D eigenvalue weighted by atomic mass is 16.6. The summed E-state index contributed by atoms with van der Waals surface area (Å²) >= 11 is 0. The summed E-state index contributed by atoms with van der Waals surface area (Å²) in [5, 5.41) is 0. The predicted octanol–water partition coefficient (Wildman–Crippen LogP) is 2.81. The average molecular weight is 436 g/mol. The molecule has 1 amide bonds. The third-order valence-electron chi connectivity index (χ3n) is 9.90. The molecule has 5 aliphatic carbocycles. The van der Waals surface area contributed by atoms with Gasteiger partial charge in [-0.15, -0.1) is 0 Å². The van der Waals surface area contributed by atoms with Crippen molar-refractivity contribution in [2.75, 3.05) is 20.8 Å². The van der Waals surface area contributed by atoms with Gasteiger partial charge in [-0.05, 0) is 50.7 Å². The van der Waals surface area contributed by atoms with Gasteiger partial charge >= 0.3 is 0 Å². The van der Waals surface area contributed by atoms with E-state index in [-0.39, 0.29) is 28.9 Å². The Morgan fingerprint density at radius 3 is 2.75 bits per heavy atom. The molecular formula is C26H29NO5. The van der Waals surface area contributed by atoms with E-state index in [0.717, 1.165) is 50.0 Å². The summed E-state index contributed by atoms with van der Waals surface area (Å²) in [5.41, 5.74) is 0.176. The van der Waals surface area contributed by atoms with Crippen molar-refractivity contribution in [2.45, 2.75) is 62.2 Å². The summed E-state index contributed by atoms with van der Waals surface area (Å²) < 4.78 is 18.8. The minimum atomic E-state index is -0.859. The van der Waals surface area contributed by atoms with Gasteiger partial charge in [0.25, 0.3) is 0 Å². The van der Waals surface area contributed by atoms with Gasteiger partial charge in [0.1, 0.15) is 18.0 Å². The highest BCUT2D eigenvalue weighted by Gasteiger charge is 2.82. The number of hydrogen-bond donors (Lipinski definition) is 0. The van der Waals surface area contributed by atoms with E-state index in [1.165, 1.54) is 11.1 Å². The van der Waals surface area contributed by atoms with Crippen LogP contribution in [0.1, 0.15) is 43.7 Å². The van der Waals surface area contributed by atoms with Crippen LogP contribution in [-0.2, 0) is 26.2 Å². The van der Waals surface area contributed by atoms with Gasteiger partial charge in [-0.3, -0.25) is 4.79 Å². The van der Waals surface area contributed by atoms with Gasteiger partial charge in [0, 0.05) is 36.6 Å². The van der Waals surface area contributed by atoms with Crippen LogP contribution in [0.15, 0.2) is 24.3 Å². The Labute approximate surface area is 187 Å². The van der Waals surface area contributed by atoms with Crippen LogP contribution in [0.5, 0.6) is 11.5 Å². The zero-order valence-corrected chi connectivity index (χ0v) is 18.8. The van der Waals surface area contributed by atoms with Crippen LogP contribution >= 0.6 is 0 Å². The van der Waals surface area contributed by atoms with Crippen LogP contribution < -0.4 is 9.47 Å². The lowest BCUT2D eigenvalue weighted by Crippen LogP contribution is -2.81. The number of fused-ring (bicyclic) bond motifs is 1. The normalized spacial score (nSPS) is 44.2. The lowest BCUT2D eigenvalue weighted by Gasteiger charge is -2.72. The van der Waals surface area contributed by atoms with E-state index in [4.69, 9.17) is 14.2 Å². The van der Waals surface area contributed by atoms with E-state index in [1.807, 2.05) is 13.0 Å². The largest absolute Gasteiger partial charge is 0.493 e. The number of methoxy groups -OCH3 is 2. The second-order valence-corrected chi connectivity index (χ2v) is 11.0. The van der Waals surface area contributed by atoms with Gasteiger partial charge in [0.05, 0.1) is 17.9 Å². The van der Waals surface area contributed by atoms with Crippen LogP contribution in [0, 0.1) is 16.7 Å². The molecule has 168 valence electrons. The SMILES string of the molecule is COc1ccc2c3c1O[C@H]1C4(OC)C=C[C@@]5(C[C@]4(C)C=O)[C@@H](C2)N(C(=O)C2CC2)CC[C@]315. The molecule has 7 aliphatic rings. The Balaban J connectivity index is 1.54. The molecule has 0 N–H and O–H groups in total. The van der Waals surface area contributed by atoms with E-state index in [9.17, 15) is 9.59 Å². The quantitative estimate of drug-likeness (QED) is 0.538. The Hall–Kier alpha value is -2.34. The fourth-order valence-electron chi connectivity index (χ4n) is 8.40. The number of amides is 1. The standard InChI is InChI=1S/C26H29NO5/c1-23(14-28)13-24-8-9-26(23,31-3)22-25(24)10-11-27(21(29)15-4-5-15)18(24)12-16-6-7-17(30-2)20(32-22)19(16)25/h6-9,14-15,18,22H,4-5,10-13H2,1-3H3/t18-,22-,23-,24-,25+,26?/m1/s1. The zero-order valence-electron chi connectivity index (χ0n) is 18.8. The van der Waals surface area contributed by atoms with Crippen molar-refractivity contribution in [1.29, 1.82) is 0 Å². The highest BCUT2D eigenvalue weighted by molar-refractivity contribution is 5.83. The molecular weight excluding hydrogens is 406 g/mol. The van der Waals surface area contributed by atoms with Crippen molar-refractivity contribution in [1.82, 2.24) is 4.90 Å². The van der Waals surface area contributed by atoms with E-state index >= 15 is 0 Å². The molecule has 2 spiro atoms. The third-order valence-corrected chi connectivity index (χ3v) is 9.90. The molecule has 1 aromatic rings. The predicted molar refractivity (Wildman–Crippen MR) is 116 cm³/mol. The monoisotopic (exact) mass is 435 g/mol. The number of carbonyl (C=O) groups is 2. The summed E-state index contributed by atoms with van der Waals surface area (Å²) in [6.07, 6.45) is 9.37.